The average molecular weight is 691 g/mol. The first-order valence-corrected chi connectivity index (χ1v) is 16.8. The van der Waals surface area contributed by atoms with Crippen LogP contribution in [-0.2, 0) is 11.8 Å². The van der Waals surface area contributed by atoms with Crippen molar-refractivity contribution in [3.05, 3.63) is 114 Å². The molecule has 1 unspecified atom stereocenters. The summed E-state index contributed by atoms with van der Waals surface area (Å²) in [6.07, 6.45) is 2.90. The summed E-state index contributed by atoms with van der Waals surface area (Å²) in [6.45, 7) is 11.5. The third kappa shape index (κ3) is 5.68. The Balaban J connectivity index is 1.21. The topological polar surface area (TPSA) is 119 Å². The number of allylic oxidation sites excluding steroid dienone is 2. The van der Waals surface area contributed by atoms with Gasteiger partial charge in [-0.25, -0.2) is 9.78 Å². The Morgan fingerprint density at radius 1 is 0.941 bits per heavy atom. The van der Waals surface area contributed by atoms with Crippen LogP contribution in [0.5, 0.6) is 0 Å². The zero-order valence-corrected chi connectivity index (χ0v) is 29.5. The zero-order chi connectivity index (χ0) is 36.5. The molecule has 51 heavy (non-hydrogen) atoms. The van der Waals surface area contributed by atoms with Gasteiger partial charge in [-0.2, -0.15) is 9.66 Å². The molecular formula is C37H37BF2N8O3. The second-order valence-corrected chi connectivity index (χ2v) is 13.4. The van der Waals surface area contributed by atoms with E-state index < -0.39 is 30.6 Å². The van der Waals surface area contributed by atoms with E-state index in [2.05, 4.69) is 15.3 Å². The van der Waals surface area contributed by atoms with E-state index in [-0.39, 0.29) is 11.5 Å². The molecule has 3 aromatic rings. The summed E-state index contributed by atoms with van der Waals surface area (Å²) >= 11 is 0. The second-order valence-electron chi connectivity index (χ2n) is 13.4. The molecule has 11 nitrogen and oxygen atoms in total. The number of amides is 1. The quantitative estimate of drug-likeness (QED) is 0.190. The number of aromatic nitrogens is 5. The summed E-state index contributed by atoms with van der Waals surface area (Å²) in [5, 5.41) is 4.39. The van der Waals surface area contributed by atoms with Gasteiger partial charge in [0.1, 0.15) is 6.04 Å². The maximum atomic E-state index is 14.4. The van der Waals surface area contributed by atoms with Crippen LogP contribution in [0, 0.1) is 27.7 Å². The molecule has 1 saturated heterocycles. The molecule has 1 atom stereocenters. The number of benzene rings is 2. The van der Waals surface area contributed by atoms with E-state index in [9.17, 15) is 23.0 Å². The van der Waals surface area contributed by atoms with Crippen molar-refractivity contribution in [1.29, 1.82) is 0 Å². The number of carbonyl (C=O) groups excluding carboxylic acids is 1. The largest absolute Gasteiger partial charge is 0.677 e. The highest BCUT2D eigenvalue weighted by Gasteiger charge is 2.35. The number of anilines is 1. The highest BCUT2D eigenvalue weighted by molar-refractivity contribution is 6.41. The number of halogens is 2. The smallest absolute Gasteiger partial charge is 0.329 e. The molecule has 2 aromatic carbocycles. The Hall–Kier alpha value is -5.66. The molecule has 0 spiro atoms. The highest BCUT2D eigenvalue weighted by atomic mass is 19.2. The van der Waals surface area contributed by atoms with E-state index in [0.717, 1.165) is 37.1 Å². The molecule has 0 aliphatic carbocycles. The van der Waals surface area contributed by atoms with Crippen LogP contribution in [0.2, 0.25) is 0 Å². The summed E-state index contributed by atoms with van der Waals surface area (Å²) in [7, 11) is -1.01. The molecule has 4 aliphatic rings. The molecule has 0 saturated carbocycles. The zero-order valence-electron chi connectivity index (χ0n) is 29.5. The van der Waals surface area contributed by atoms with Gasteiger partial charge in [-0.15, -0.1) is 0 Å². The molecule has 1 aromatic heterocycles. The number of fused-ring (bicyclic) bond motifs is 2. The Kier molecular flexibility index (Phi) is 8.35. The molecule has 0 radical (unpaired) electrons. The van der Waals surface area contributed by atoms with Gasteiger partial charge in [0.2, 0.25) is 5.91 Å². The van der Waals surface area contributed by atoms with Crippen molar-refractivity contribution >= 4 is 41.3 Å². The number of aliphatic imine (C=N–C) groups is 1. The Morgan fingerprint density at radius 3 is 2.31 bits per heavy atom. The number of rotatable bonds is 6. The van der Waals surface area contributed by atoms with Crippen molar-refractivity contribution in [2.24, 2.45) is 12.0 Å². The minimum Gasteiger partial charge on any atom is -0.329 e. The van der Waals surface area contributed by atoms with Gasteiger partial charge in [-0.1, -0.05) is 12.1 Å². The third-order valence-corrected chi connectivity index (χ3v) is 9.89. The maximum absolute atomic E-state index is 14.4. The number of aryl methyl sites for hydroxylation is 5. The van der Waals surface area contributed by atoms with E-state index in [1.807, 2.05) is 45.9 Å². The number of hydrogen-bond donors (Lipinski definition) is 1. The first-order chi connectivity index (χ1) is 24.2. The van der Waals surface area contributed by atoms with Crippen LogP contribution in [0.1, 0.15) is 60.3 Å². The number of nitrogens with one attached hydrogen (secondary N) is 1. The molecular weight excluding hydrogens is 653 g/mol. The maximum Gasteiger partial charge on any atom is 0.677 e. The lowest BCUT2D eigenvalue weighted by molar-refractivity contribution is -0.117. The van der Waals surface area contributed by atoms with Crippen LogP contribution in [-0.4, -0.2) is 55.3 Å². The minimum atomic E-state index is -2.75. The Morgan fingerprint density at radius 2 is 1.65 bits per heavy atom. The van der Waals surface area contributed by atoms with Gasteiger partial charge in [0.15, 0.2) is 11.5 Å². The third-order valence-electron chi connectivity index (χ3n) is 9.89. The monoisotopic (exact) mass is 690 g/mol. The summed E-state index contributed by atoms with van der Waals surface area (Å²) in [5.74, 6) is -0.233. The lowest BCUT2D eigenvalue weighted by Crippen LogP contribution is -2.56. The molecule has 260 valence electrons. The van der Waals surface area contributed by atoms with Gasteiger partial charge in [0, 0.05) is 42.0 Å². The molecule has 1 amide bonds. The fourth-order valence-corrected chi connectivity index (χ4v) is 7.32. The van der Waals surface area contributed by atoms with E-state index in [0.29, 0.717) is 64.4 Å². The molecule has 0 bridgehead atoms. The Bertz CT molecular complexity index is 2460. The fraction of sp³-hybridized carbons (Fsp3) is 0.297. The fourth-order valence-electron chi connectivity index (χ4n) is 7.32. The van der Waals surface area contributed by atoms with Crippen molar-refractivity contribution in [3.63, 3.8) is 0 Å². The molecule has 7 rings (SSSR count). The molecule has 5 heterocycles. The SMILES string of the molecule is CC1=CC(C)=N/C1=C(/c1ccc(NC(=O)C2CCCN2n2c(=O)nc3n(C)c4cc(C)c(C)cc4nc-3c2=O)cc1)c1c(C)cc(C)n1B(F)F. The van der Waals surface area contributed by atoms with Crippen LogP contribution in [0.15, 0.2) is 74.4 Å². The van der Waals surface area contributed by atoms with Crippen molar-refractivity contribution in [2.75, 3.05) is 16.9 Å². The molecule has 4 aliphatic heterocycles. The second kappa shape index (κ2) is 12.6. The highest BCUT2D eigenvalue weighted by Crippen LogP contribution is 2.37. The molecule has 1 N–H and O–H groups in total. The number of carbonyl (C=O) groups is 1. The first-order valence-electron chi connectivity index (χ1n) is 16.8. The van der Waals surface area contributed by atoms with Gasteiger partial charge in [-0.3, -0.25) is 28.2 Å². The van der Waals surface area contributed by atoms with Gasteiger partial charge in [0.25, 0.3) is 0 Å². The Labute approximate surface area is 293 Å². The van der Waals surface area contributed by atoms with Gasteiger partial charge in [0.05, 0.1) is 16.7 Å². The van der Waals surface area contributed by atoms with Crippen LogP contribution < -0.4 is 21.6 Å². The van der Waals surface area contributed by atoms with Crippen LogP contribution in [0.3, 0.4) is 0 Å². The normalized spacial score (nSPS) is 17.0. The van der Waals surface area contributed by atoms with Crippen LogP contribution in [0.25, 0.3) is 28.1 Å². The standard InChI is InChI=1S/C37H37BF2N8O3/c1-19-17-27-29(18-20(19)2)45(7)34-32(43-27)36(50)48(37(51)44-34)46-14-8-9-28(46)35(49)42-26-12-10-25(11-13-26)30(31-21(3)15-23(5)41-31)33-22(4)16-24(6)47(33)38(39)40/h10-13,15-18,28H,8-9,14H2,1-7H3,(H,42,49)/b31-30-. The summed E-state index contributed by atoms with van der Waals surface area (Å²) in [6, 6.07) is 11.7. The summed E-state index contributed by atoms with van der Waals surface area (Å²) < 4.78 is 32.4. The van der Waals surface area contributed by atoms with Gasteiger partial charge < -0.3 is 14.4 Å². The first kappa shape index (κ1) is 33.8. The van der Waals surface area contributed by atoms with E-state index in [4.69, 9.17) is 4.99 Å². The number of nitrogens with zero attached hydrogens (tertiary/aromatic N) is 7. The van der Waals surface area contributed by atoms with Crippen molar-refractivity contribution < 1.29 is 13.4 Å². The molecule has 14 heteroatoms. The summed E-state index contributed by atoms with van der Waals surface area (Å²) in [5.41, 5.74) is 7.46. The van der Waals surface area contributed by atoms with E-state index in [1.54, 1.807) is 55.8 Å². The number of hydrogen-bond acceptors (Lipinski definition) is 7. The van der Waals surface area contributed by atoms with Crippen LogP contribution in [0.4, 0.5) is 14.3 Å². The van der Waals surface area contributed by atoms with Crippen molar-refractivity contribution in [2.45, 2.75) is 60.4 Å². The minimum absolute atomic E-state index is 0.0368. The van der Waals surface area contributed by atoms with Gasteiger partial charge in [-0.05, 0) is 119 Å². The predicted octanol–water partition coefficient (Wildman–Crippen LogP) is 5.32. The van der Waals surface area contributed by atoms with Crippen molar-refractivity contribution in [3.8, 4) is 11.5 Å². The van der Waals surface area contributed by atoms with E-state index >= 15 is 0 Å². The lowest BCUT2D eigenvalue weighted by Gasteiger charge is -2.27. The average Bonchev–Trinajstić information content (AvgIpc) is 3.76. The molecule has 1 fully saturated rings. The van der Waals surface area contributed by atoms with E-state index in [1.165, 1.54) is 5.01 Å². The predicted molar refractivity (Wildman–Crippen MR) is 196 cm³/mol. The van der Waals surface area contributed by atoms with Gasteiger partial charge >= 0.3 is 18.7 Å². The van der Waals surface area contributed by atoms with Crippen LogP contribution >= 0.6 is 0 Å². The lowest BCUT2D eigenvalue weighted by atomic mass is 9.94. The summed E-state index contributed by atoms with van der Waals surface area (Å²) in [4.78, 5) is 54.6. The van der Waals surface area contributed by atoms with Crippen molar-refractivity contribution in [1.82, 2.24) is 23.7 Å².